The summed E-state index contributed by atoms with van der Waals surface area (Å²) in [7, 11) is 1.60. The second-order valence-electron chi connectivity index (χ2n) is 4.34. The molecule has 1 aromatic rings. The van der Waals surface area contributed by atoms with Gasteiger partial charge in [0.05, 0.1) is 11.5 Å². The molecule has 0 fully saturated rings. The molecule has 0 aromatic heterocycles. The Balaban J connectivity index is 2.50. The van der Waals surface area contributed by atoms with E-state index in [-0.39, 0.29) is 18.0 Å². The van der Waals surface area contributed by atoms with Crippen molar-refractivity contribution in [2.24, 2.45) is 0 Å². The Hall–Kier alpha value is -1.70. The number of nitrogens with zero attached hydrogens (tertiary/aromatic N) is 1. The van der Waals surface area contributed by atoms with Gasteiger partial charge in [-0.05, 0) is 12.5 Å². The number of para-hydroxylation sites is 1. The molecule has 7 heteroatoms. The van der Waals surface area contributed by atoms with Gasteiger partial charge in [-0.2, -0.15) is 0 Å². The van der Waals surface area contributed by atoms with Gasteiger partial charge in [0.1, 0.15) is 12.7 Å². The van der Waals surface area contributed by atoms with Crippen molar-refractivity contribution in [3.63, 3.8) is 0 Å². The van der Waals surface area contributed by atoms with Crippen molar-refractivity contribution in [3.8, 4) is 5.75 Å². The smallest absolute Gasteiger partial charge is 0.311 e. The molecular weight excluding hydrogens is 264 g/mol. The molecule has 1 unspecified atom stereocenters. The van der Waals surface area contributed by atoms with Crippen LogP contribution in [0.15, 0.2) is 18.2 Å². The molecule has 0 aliphatic rings. The summed E-state index contributed by atoms with van der Waals surface area (Å²) in [5.74, 6) is 0.202. The molecule has 0 aliphatic heterocycles. The van der Waals surface area contributed by atoms with Gasteiger partial charge >= 0.3 is 5.69 Å². The highest BCUT2D eigenvalue weighted by Gasteiger charge is 2.18. The van der Waals surface area contributed by atoms with Gasteiger partial charge in [0.2, 0.25) is 0 Å². The molecule has 20 heavy (non-hydrogen) atoms. The van der Waals surface area contributed by atoms with E-state index in [4.69, 9.17) is 9.47 Å². The van der Waals surface area contributed by atoms with Crippen LogP contribution < -0.4 is 10.1 Å². The van der Waals surface area contributed by atoms with Gasteiger partial charge in [0, 0.05) is 26.3 Å². The molecule has 2 N–H and O–H groups in total. The Bertz CT molecular complexity index is 439. The van der Waals surface area contributed by atoms with Gasteiger partial charge < -0.3 is 19.9 Å². The molecule has 0 aliphatic carbocycles. The lowest BCUT2D eigenvalue weighted by atomic mass is 10.2. The molecule has 1 rings (SSSR count). The molecule has 7 nitrogen and oxygen atoms in total. The predicted octanol–water partition coefficient (Wildman–Crippen LogP) is 0.879. The van der Waals surface area contributed by atoms with Gasteiger partial charge in [-0.3, -0.25) is 10.1 Å². The fourth-order valence-electron chi connectivity index (χ4n) is 1.65. The number of hydrogen-bond donors (Lipinski definition) is 2. The summed E-state index contributed by atoms with van der Waals surface area (Å²) in [5.41, 5.74) is 0.572. The first-order chi connectivity index (χ1) is 9.56. The van der Waals surface area contributed by atoms with Crippen LogP contribution in [0.4, 0.5) is 5.69 Å². The summed E-state index contributed by atoms with van der Waals surface area (Å²) in [6.45, 7) is 3.23. The Morgan fingerprint density at radius 2 is 2.25 bits per heavy atom. The first-order valence-electron chi connectivity index (χ1n) is 6.30. The average Bonchev–Trinajstić information content (AvgIpc) is 2.42. The number of benzene rings is 1. The van der Waals surface area contributed by atoms with Crippen LogP contribution in [0, 0.1) is 17.0 Å². The van der Waals surface area contributed by atoms with E-state index in [9.17, 15) is 15.2 Å². The van der Waals surface area contributed by atoms with Crippen LogP contribution in [-0.4, -0.2) is 49.5 Å². The quantitative estimate of drug-likeness (QED) is 0.397. The van der Waals surface area contributed by atoms with Crippen LogP contribution >= 0.6 is 0 Å². The normalized spacial score (nSPS) is 12.2. The maximum Gasteiger partial charge on any atom is 0.311 e. The van der Waals surface area contributed by atoms with Crippen LogP contribution in [0.25, 0.3) is 0 Å². The Morgan fingerprint density at radius 1 is 1.50 bits per heavy atom. The molecule has 0 radical (unpaired) electrons. The van der Waals surface area contributed by atoms with Crippen molar-refractivity contribution >= 4 is 5.69 Å². The van der Waals surface area contributed by atoms with Gasteiger partial charge in [-0.1, -0.05) is 12.1 Å². The van der Waals surface area contributed by atoms with E-state index in [1.54, 1.807) is 26.2 Å². The third-order valence-electron chi connectivity index (χ3n) is 2.67. The summed E-state index contributed by atoms with van der Waals surface area (Å²) in [4.78, 5) is 10.4. The highest BCUT2D eigenvalue weighted by molar-refractivity contribution is 5.51. The molecule has 0 saturated heterocycles. The van der Waals surface area contributed by atoms with Gasteiger partial charge in [0.25, 0.3) is 0 Å². The number of aryl methyl sites for hydroxylation is 1. The highest BCUT2D eigenvalue weighted by Crippen LogP contribution is 2.30. The van der Waals surface area contributed by atoms with E-state index < -0.39 is 11.0 Å². The maximum absolute atomic E-state index is 10.9. The fraction of sp³-hybridized carbons (Fsp3) is 0.538. The van der Waals surface area contributed by atoms with Crippen LogP contribution in [0.5, 0.6) is 5.75 Å². The van der Waals surface area contributed by atoms with E-state index in [0.717, 1.165) is 0 Å². The number of aliphatic hydroxyl groups is 1. The zero-order valence-corrected chi connectivity index (χ0v) is 11.7. The van der Waals surface area contributed by atoms with Crippen molar-refractivity contribution in [1.29, 1.82) is 0 Å². The fourth-order valence-corrected chi connectivity index (χ4v) is 1.65. The maximum atomic E-state index is 10.9. The number of aliphatic hydroxyl groups excluding tert-OH is 1. The second-order valence-corrected chi connectivity index (χ2v) is 4.34. The van der Waals surface area contributed by atoms with Gasteiger partial charge in [-0.25, -0.2) is 0 Å². The van der Waals surface area contributed by atoms with E-state index in [0.29, 0.717) is 25.3 Å². The molecular formula is C13H20N2O5. The minimum absolute atomic E-state index is 0.00826. The lowest BCUT2D eigenvalue weighted by Gasteiger charge is -2.14. The summed E-state index contributed by atoms with van der Waals surface area (Å²) in [6, 6.07) is 4.71. The molecule has 0 heterocycles. The third-order valence-corrected chi connectivity index (χ3v) is 2.67. The lowest BCUT2D eigenvalue weighted by Crippen LogP contribution is -2.33. The highest BCUT2D eigenvalue weighted by atomic mass is 16.6. The molecule has 1 aromatic carbocycles. The number of nitro groups is 1. The Labute approximate surface area is 117 Å². The minimum Gasteiger partial charge on any atom is -0.484 e. The molecule has 0 amide bonds. The van der Waals surface area contributed by atoms with E-state index in [1.165, 1.54) is 6.07 Å². The largest absolute Gasteiger partial charge is 0.484 e. The molecule has 0 spiro atoms. The van der Waals surface area contributed by atoms with Crippen molar-refractivity contribution in [3.05, 3.63) is 33.9 Å². The first kappa shape index (κ1) is 16.4. The van der Waals surface area contributed by atoms with E-state index in [2.05, 4.69) is 5.32 Å². The average molecular weight is 284 g/mol. The molecule has 1 atom stereocenters. The van der Waals surface area contributed by atoms with Crippen LogP contribution in [0.3, 0.4) is 0 Å². The van der Waals surface area contributed by atoms with E-state index >= 15 is 0 Å². The number of nitrogens with one attached hydrogen (secondary N) is 1. The summed E-state index contributed by atoms with van der Waals surface area (Å²) < 4.78 is 10.2. The standard InChI is InChI=1S/C13H20N2O5/c1-10-4-3-5-12(15(17)18)13(10)20-9-11(16)8-14-6-7-19-2/h3-5,11,14,16H,6-9H2,1-2H3. The number of nitro benzene ring substituents is 1. The number of rotatable bonds is 9. The monoisotopic (exact) mass is 284 g/mol. The summed E-state index contributed by atoms with van der Waals surface area (Å²) >= 11 is 0. The Morgan fingerprint density at radius 3 is 2.90 bits per heavy atom. The van der Waals surface area contributed by atoms with Crippen molar-refractivity contribution in [2.45, 2.75) is 13.0 Å². The van der Waals surface area contributed by atoms with Gasteiger partial charge in [0.15, 0.2) is 5.75 Å². The first-order valence-corrected chi connectivity index (χ1v) is 6.30. The zero-order chi connectivity index (χ0) is 15.0. The zero-order valence-electron chi connectivity index (χ0n) is 11.7. The second kappa shape index (κ2) is 8.47. The summed E-state index contributed by atoms with van der Waals surface area (Å²) in [6.07, 6.45) is -0.744. The van der Waals surface area contributed by atoms with Crippen molar-refractivity contribution in [2.75, 3.05) is 33.4 Å². The third kappa shape index (κ3) is 5.12. The van der Waals surface area contributed by atoms with E-state index in [1.807, 2.05) is 0 Å². The number of ether oxygens (including phenoxy) is 2. The minimum atomic E-state index is -0.744. The topological polar surface area (TPSA) is 93.9 Å². The molecule has 0 bridgehead atoms. The molecule has 112 valence electrons. The van der Waals surface area contributed by atoms with Crippen LogP contribution in [0.2, 0.25) is 0 Å². The number of methoxy groups -OCH3 is 1. The predicted molar refractivity (Wildman–Crippen MR) is 74.1 cm³/mol. The van der Waals surface area contributed by atoms with Crippen LogP contribution in [0.1, 0.15) is 5.56 Å². The lowest BCUT2D eigenvalue weighted by molar-refractivity contribution is -0.386. The van der Waals surface area contributed by atoms with Crippen molar-refractivity contribution in [1.82, 2.24) is 5.32 Å². The Kier molecular flexibility index (Phi) is 6.92. The van der Waals surface area contributed by atoms with Gasteiger partial charge in [-0.15, -0.1) is 0 Å². The SMILES string of the molecule is COCCNCC(O)COc1c(C)cccc1[N+](=O)[O-]. The molecule has 0 saturated carbocycles. The summed E-state index contributed by atoms with van der Waals surface area (Å²) in [5, 5.41) is 23.6. The van der Waals surface area contributed by atoms with Crippen molar-refractivity contribution < 1.29 is 19.5 Å². The number of hydrogen-bond acceptors (Lipinski definition) is 6. The van der Waals surface area contributed by atoms with Crippen LogP contribution in [-0.2, 0) is 4.74 Å².